The Balaban J connectivity index is 2.18. The SMILES string of the molecule is COC(=O)C1(c2ccccc2)CCC(OS(=O)(=O)C(F)(F)F)CC1. The highest BCUT2D eigenvalue weighted by Gasteiger charge is 2.51. The van der Waals surface area contributed by atoms with Gasteiger partial charge in [-0.1, -0.05) is 30.3 Å². The molecule has 9 heteroatoms. The van der Waals surface area contributed by atoms with Crippen molar-refractivity contribution in [2.45, 2.75) is 42.7 Å². The van der Waals surface area contributed by atoms with E-state index in [9.17, 15) is 26.4 Å². The zero-order chi connectivity index (χ0) is 18.0. The van der Waals surface area contributed by atoms with Crippen LogP contribution in [0.3, 0.4) is 0 Å². The van der Waals surface area contributed by atoms with Crippen molar-refractivity contribution in [3.8, 4) is 0 Å². The Hall–Kier alpha value is -1.61. The molecule has 0 aromatic heterocycles. The number of hydrogen-bond acceptors (Lipinski definition) is 5. The number of carbonyl (C=O) groups excluding carboxylic acids is 1. The van der Waals surface area contributed by atoms with E-state index in [1.165, 1.54) is 7.11 Å². The van der Waals surface area contributed by atoms with Gasteiger partial charge in [0.25, 0.3) is 0 Å². The van der Waals surface area contributed by atoms with E-state index in [4.69, 9.17) is 4.74 Å². The fraction of sp³-hybridized carbons (Fsp3) is 0.533. The van der Waals surface area contributed by atoms with Crippen molar-refractivity contribution in [2.75, 3.05) is 7.11 Å². The lowest BCUT2D eigenvalue weighted by Gasteiger charge is -2.37. The first-order valence-electron chi connectivity index (χ1n) is 7.26. The van der Waals surface area contributed by atoms with E-state index in [-0.39, 0.29) is 25.7 Å². The summed E-state index contributed by atoms with van der Waals surface area (Å²) in [7, 11) is -4.40. The van der Waals surface area contributed by atoms with Crippen molar-refractivity contribution in [1.82, 2.24) is 0 Å². The van der Waals surface area contributed by atoms with Crippen LogP contribution in [0.25, 0.3) is 0 Å². The van der Waals surface area contributed by atoms with E-state index < -0.39 is 33.1 Å². The Kier molecular flexibility index (Phi) is 5.24. The van der Waals surface area contributed by atoms with Crippen LogP contribution in [-0.2, 0) is 29.2 Å². The number of hydrogen-bond donors (Lipinski definition) is 0. The smallest absolute Gasteiger partial charge is 0.468 e. The third kappa shape index (κ3) is 3.56. The summed E-state index contributed by atoms with van der Waals surface area (Å²) in [6.45, 7) is 0. The topological polar surface area (TPSA) is 69.7 Å². The fourth-order valence-corrected chi connectivity index (χ4v) is 3.64. The van der Waals surface area contributed by atoms with E-state index in [1.54, 1.807) is 30.3 Å². The molecule has 2 rings (SSSR count). The summed E-state index contributed by atoms with van der Waals surface area (Å²) in [4.78, 5) is 12.3. The molecule has 1 aliphatic carbocycles. The van der Waals surface area contributed by atoms with Crippen LogP contribution in [0, 0.1) is 0 Å². The summed E-state index contributed by atoms with van der Waals surface area (Å²) in [5.74, 6) is -0.495. The number of methoxy groups -OCH3 is 1. The van der Waals surface area contributed by atoms with Crippen molar-refractivity contribution in [1.29, 1.82) is 0 Å². The van der Waals surface area contributed by atoms with E-state index >= 15 is 0 Å². The van der Waals surface area contributed by atoms with Gasteiger partial charge in [0.1, 0.15) is 0 Å². The van der Waals surface area contributed by atoms with Crippen molar-refractivity contribution < 1.29 is 35.3 Å². The molecule has 24 heavy (non-hydrogen) atoms. The molecule has 1 aliphatic rings. The van der Waals surface area contributed by atoms with Crippen molar-refractivity contribution >= 4 is 16.1 Å². The number of halogens is 3. The molecule has 5 nitrogen and oxygen atoms in total. The Bertz CT molecular complexity index is 677. The normalized spacial score (nSPS) is 25.2. The number of ether oxygens (including phenoxy) is 1. The van der Waals surface area contributed by atoms with E-state index in [0.717, 1.165) is 0 Å². The molecular formula is C15H17F3O5S. The number of alkyl halides is 3. The summed E-state index contributed by atoms with van der Waals surface area (Å²) >= 11 is 0. The standard InChI is InChI=1S/C15H17F3O5S/c1-22-13(19)14(11-5-3-2-4-6-11)9-7-12(8-10-14)23-24(20,21)15(16,17)18/h2-6,12H,7-10H2,1H3. The molecule has 0 saturated heterocycles. The van der Waals surface area contributed by atoms with Crippen LogP contribution in [0.5, 0.6) is 0 Å². The van der Waals surface area contributed by atoms with Crippen LogP contribution in [0.4, 0.5) is 13.2 Å². The largest absolute Gasteiger partial charge is 0.523 e. The quantitative estimate of drug-likeness (QED) is 0.466. The summed E-state index contributed by atoms with van der Waals surface area (Å²) in [5.41, 5.74) is -5.77. The predicted molar refractivity (Wildman–Crippen MR) is 78.5 cm³/mol. The summed E-state index contributed by atoms with van der Waals surface area (Å²) in [6.07, 6.45) is -0.833. The minimum atomic E-state index is -5.64. The van der Waals surface area contributed by atoms with Gasteiger partial charge in [0, 0.05) is 0 Å². The second-order valence-electron chi connectivity index (χ2n) is 5.64. The van der Waals surface area contributed by atoms with Crippen molar-refractivity contribution in [2.24, 2.45) is 0 Å². The molecule has 0 bridgehead atoms. The van der Waals surface area contributed by atoms with Gasteiger partial charge in [0.05, 0.1) is 18.6 Å². The van der Waals surface area contributed by atoms with Crippen LogP contribution in [0.15, 0.2) is 30.3 Å². The molecule has 1 aromatic carbocycles. The van der Waals surface area contributed by atoms with E-state index in [2.05, 4.69) is 4.18 Å². The minimum Gasteiger partial charge on any atom is -0.468 e. The van der Waals surface area contributed by atoms with Crippen molar-refractivity contribution in [3.63, 3.8) is 0 Å². The Morgan fingerprint density at radius 1 is 1.17 bits per heavy atom. The van der Waals surface area contributed by atoms with Gasteiger partial charge in [0.15, 0.2) is 0 Å². The second-order valence-corrected chi connectivity index (χ2v) is 7.20. The fourth-order valence-electron chi connectivity index (χ4n) is 2.98. The predicted octanol–water partition coefficient (Wildman–Crippen LogP) is 2.91. The molecule has 1 aromatic rings. The van der Waals surface area contributed by atoms with Crippen molar-refractivity contribution in [3.05, 3.63) is 35.9 Å². The monoisotopic (exact) mass is 366 g/mol. The molecule has 134 valence electrons. The highest BCUT2D eigenvalue weighted by molar-refractivity contribution is 7.87. The zero-order valence-electron chi connectivity index (χ0n) is 12.9. The maximum absolute atomic E-state index is 12.4. The maximum atomic E-state index is 12.4. The molecule has 1 saturated carbocycles. The molecular weight excluding hydrogens is 349 g/mol. The van der Waals surface area contributed by atoms with Gasteiger partial charge in [-0.2, -0.15) is 21.6 Å². The Labute approximate surface area is 137 Å². The number of carbonyl (C=O) groups is 1. The molecule has 0 heterocycles. The van der Waals surface area contributed by atoms with E-state index in [0.29, 0.717) is 5.56 Å². The van der Waals surface area contributed by atoms with Gasteiger partial charge in [-0.25, -0.2) is 0 Å². The maximum Gasteiger partial charge on any atom is 0.523 e. The third-order valence-electron chi connectivity index (χ3n) is 4.23. The summed E-state index contributed by atoms with van der Waals surface area (Å²) < 4.78 is 68.5. The molecule has 0 unspecified atom stereocenters. The number of benzene rings is 1. The van der Waals surface area contributed by atoms with E-state index in [1.807, 2.05) is 0 Å². The first-order chi connectivity index (χ1) is 11.1. The molecule has 0 amide bonds. The first-order valence-corrected chi connectivity index (χ1v) is 8.67. The Morgan fingerprint density at radius 2 is 1.71 bits per heavy atom. The molecule has 0 atom stereocenters. The van der Waals surface area contributed by atoms with Gasteiger partial charge >= 0.3 is 21.6 Å². The second kappa shape index (κ2) is 6.72. The van der Waals surface area contributed by atoms with Gasteiger partial charge in [0.2, 0.25) is 0 Å². The molecule has 0 spiro atoms. The Morgan fingerprint density at radius 3 is 2.17 bits per heavy atom. The van der Waals surface area contributed by atoms with Crippen LogP contribution in [0.2, 0.25) is 0 Å². The zero-order valence-corrected chi connectivity index (χ0v) is 13.7. The van der Waals surface area contributed by atoms with Crippen LogP contribution in [0.1, 0.15) is 31.2 Å². The lowest BCUT2D eigenvalue weighted by Crippen LogP contribution is -2.43. The van der Waals surface area contributed by atoms with Gasteiger partial charge in [-0.3, -0.25) is 8.98 Å². The number of esters is 1. The lowest BCUT2D eigenvalue weighted by atomic mass is 9.68. The van der Waals surface area contributed by atoms with Crippen LogP contribution >= 0.6 is 0 Å². The van der Waals surface area contributed by atoms with Gasteiger partial charge in [-0.15, -0.1) is 0 Å². The molecule has 1 fully saturated rings. The van der Waals surface area contributed by atoms with Crippen LogP contribution < -0.4 is 0 Å². The highest BCUT2D eigenvalue weighted by atomic mass is 32.2. The molecule has 0 aliphatic heterocycles. The highest BCUT2D eigenvalue weighted by Crippen LogP contribution is 2.42. The lowest BCUT2D eigenvalue weighted by molar-refractivity contribution is -0.149. The summed E-state index contributed by atoms with van der Waals surface area (Å²) in [5, 5.41) is 0. The minimum absolute atomic E-state index is 0.000690. The summed E-state index contributed by atoms with van der Waals surface area (Å²) in [6, 6.07) is 8.75. The number of rotatable bonds is 4. The van der Waals surface area contributed by atoms with Gasteiger partial charge in [-0.05, 0) is 31.2 Å². The average molecular weight is 366 g/mol. The first kappa shape index (κ1) is 18.7. The third-order valence-corrected chi connectivity index (χ3v) is 5.33. The average Bonchev–Trinajstić information content (AvgIpc) is 2.54. The molecule has 0 radical (unpaired) electrons. The van der Waals surface area contributed by atoms with Gasteiger partial charge < -0.3 is 4.74 Å². The molecule has 0 N–H and O–H groups in total. The van der Waals surface area contributed by atoms with Crippen LogP contribution in [-0.4, -0.2) is 33.1 Å².